The van der Waals surface area contributed by atoms with E-state index in [2.05, 4.69) is 13.5 Å². The van der Waals surface area contributed by atoms with E-state index in [1.165, 1.54) is 6.07 Å². The van der Waals surface area contributed by atoms with E-state index in [-0.39, 0.29) is 11.7 Å². The maximum atomic E-state index is 13.3. The minimum Gasteiger partial charge on any atom is -0.207 e. The largest absolute Gasteiger partial charge is 0.207 e. The quantitative estimate of drug-likeness (QED) is 0.620. The van der Waals surface area contributed by atoms with Crippen LogP contribution in [0.1, 0.15) is 24.0 Å². The van der Waals surface area contributed by atoms with Crippen molar-refractivity contribution in [3.8, 4) is 0 Å². The van der Waals surface area contributed by atoms with Gasteiger partial charge in [-0.05, 0) is 30.5 Å². The van der Waals surface area contributed by atoms with E-state index in [9.17, 15) is 4.39 Å². The molecule has 0 heterocycles. The zero-order valence-corrected chi connectivity index (χ0v) is 7.89. The number of hydrogen-bond acceptors (Lipinski definition) is 0. The maximum absolute atomic E-state index is 13.3. The Morgan fingerprint density at radius 2 is 2.23 bits per heavy atom. The average Bonchev–Trinajstić information content (AvgIpc) is 2.16. The molecule has 0 fully saturated rings. The number of benzene rings is 1. The van der Waals surface area contributed by atoms with Gasteiger partial charge in [0.1, 0.15) is 5.82 Å². The molecule has 0 aromatic heterocycles. The molecule has 1 aromatic carbocycles. The summed E-state index contributed by atoms with van der Waals surface area (Å²) in [7, 11) is 0. The molecular formula is C12H14F. The molecule has 0 bridgehead atoms. The summed E-state index contributed by atoms with van der Waals surface area (Å²) in [6.07, 6.45) is 2.43. The lowest BCUT2D eigenvalue weighted by Gasteiger charge is -2.12. The molecule has 0 aliphatic heterocycles. The van der Waals surface area contributed by atoms with E-state index in [4.69, 9.17) is 0 Å². The highest BCUT2D eigenvalue weighted by Crippen LogP contribution is 2.22. The van der Waals surface area contributed by atoms with Crippen LogP contribution >= 0.6 is 0 Å². The second kappa shape index (κ2) is 4.22. The van der Waals surface area contributed by atoms with Gasteiger partial charge in [-0.15, -0.1) is 6.58 Å². The zero-order valence-electron chi connectivity index (χ0n) is 7.89. The lowest BCUT2D eigenvalue weighted by molar-refractivity contribution is 0.608. The first-order valence-electron chi connectivity index (χ1n) is 4.43. The van der Waals surface area contributed by atoms with Crippen LogP contribution in [-0.2, 0) is 6.42 Å². The number of rotatable bonds is 3. The van der Waals surface area contributed by atoms with Crippen molar-refractivity contribution in [3.05, 3.63) is 54.7 Å². The van der Waals surface area contributed by atoms with E-state index >= 15 is 0 Å². The molecule has 1 atom stereocenters. The van der Waals surface area contributed by atoms with Crippen LogP contribution in [-0.4, -0.2) is 0 Å². The fourth-order valence-corrected chi connectivity index (χ4v) is 1.42. The maximum Gasteiger partial charge on any atom is 0.126 e. The van der Waals surface area contributed by atoms with Gasteiger partial charge in [0.2, 0.25) is 0 Å². The predicted molar refractivity (Wildman–Crippen MR) is 54.1 cm³/mol. The van der Waals surface area contributed by atoms with E-state index in [0.29, 0.717) is 6.42 Å². The molecule has 0 saturated heterocycles. The highest BCUT2D eigenvalue weighted by atomic mass is 19.1. The summed E-state index contributed by atoms with van der Waals surface area (Å²) in [4.78, 5) is 0. The molecule has 0 N–H and O–H groups in total. The van der Waals surface area contributed by atoms with Crippen molar-refractivity contribution in [1.29, 1.82) is 0 Å². The molecule has 0 nitrogen and oxygen atoms in total. The molecular weight excluding hydrogens is 163 g/mol. The Kier molecular flexibility index (Phi) is 3.24. The lowest BCUT2D eigenvalue weighted by atomic mass is 9.94. The van der Waals surface area contributed by atoms with Gasteiger partial charge in [-0.1, -0.05) is 25.1 Å². The molecule has 69 valence electrons. The van der Waals surface area contributed by atoms with Gasteiger partial charge in [-0.2, -0.15) is 0 Å². The van der Waals surface area contributed by atoms with Crippen molar-refractivity contribution in [2.45, 2.75) is 19.3 Å². The molecule has 1 heteroatoms. The Morgan fingerprint density at radius 1 is 1.54 bits per heavy atom. The normalized spacial score (nSPS) is 12.5. The summed E-state index contributed by atoms with van der Waals surface area (Å²) in [5.41, 5.74) is 1.69. The first kappa shape index (κ1) is 9.97. The number of allylic oxidation sites excluding steroid dienone is 1. The van der Waals surface area contributed by atoms with Crippen molar-refractivity contribution < 1.29 is 4.39 Å². The van der Waals surface area contributed by atoms with Crippen molar-refractivity contribution >= 4 is 0 Å². The summed E-state index contributed by atoms with van der Waals surface area (Å²) < 4.78 is 13.3. The number of hydrogen-bond donors (Lipinski definition) is 0. The monoisotopic (exact) mass is 177 g/mol. The van der Waals surface area contributed by atoms with Gasteiger partial charge in [0.25, 0.3) is 0 Å². The zero-order chi connectivity index (χ0) is 9.84. The van der Waals surface area contributed by atoms with Crippen molar-refractivity contribution in [2.75, 3.05) is 0 Å². The van der Waals surface area contributed by atoms with Crippen LogP contribution in [0.4, 0.5) is 4.39 Å². The standard InChI is InChI=1S/C12H14F/c1-4-9(3)11-7-6-8-12(13)10(11)5-2/h4,6-9H,1,3,5H2,2H3. The molecule has 0 aliphatic rings. The third-order valence-electron chi connectivity index (χ3n) is 2.19. The topological polar surface area (TPSA) is 0 Å². The van der Waals surface area contributed by atoms with Gasteiger partial charge in [-0.25, -0.2) is 4.39 Å². The molecule has 0 saturated carbocycles. The van der Waals surface area contributed by atoms with Crippen LogP contribution in [0.25, 0.3) is 0 Å². The van der Waals surface area contributed by atoms with E-state index in [1.54, 1.807) is 12.1 Å². The number of halogens is 1. The second-order valence-electron chi connectivity index (χ2n) is 3.00. The molecule has 0 amide bonds. The summed E-state index contributed by atoms with van der Waals surface area (Å²) in [6, 6.07) is 5.10. The Hall–Kier alpha value is -1.11. The van der Waals surface area contributed by atoms with Gasteiger partial charge < -0.3 is 0 Å². The van der Waals surface area contributed by atoms with Crippen LogP contribution in [0.2, 0.25) is 0 Å². The van der Waals surface area contributed by atoms with Crippen LogP contribution in [0.15, 0.2) is 30.9 Å². The smallest absolute Gasteiger partial charge is 0.126 e. The fourth-order valence-electron chi connectivity index (χ4n) is 1.42. The van der Waals surface area contributed by atoms with Crippen LogP contribution in [0.3, 0.4) is 0 Å². The van der Waals surface area contributed by atoms with Gasteiger partial charge >= 0.3 is 0 Å². The molecule has 13 heavy (non-hydrogen) atoms. The molecule has 1 aromatic rings. The van der Waals surface area contributed by atoms with Gasteiger partial charge in [0.05, 0.1) is 0 Å². The van der Waals surface area contributed by atoms with E-state index < -0.39 is 0 Å². The van der Waals surface area contributed by atoms with Crippen LogP contribution in [0, 0.1) is 12.7 Å². The summed E-state index contributed by atoms with van der Waals surface area (Å²) in [5, 5.41) is 0. The van der Waals surface area contributed by atoms with E-state index in [0.717, 1.165) is 11.1 Å². The highest BCUT2D eigenvalue weighted by Gasteiger charge is 2.09. The first-order valence-corrected chi connectivity index (χ1v) is 4.43. The summed E-state index contributed by atoms with van der Waals surface area (Å²) in [5.74, 6) is -0.166. The molecule has 1 radical (unpaired) electrons. The lowest BCUT2D eigenvalue weighted by Crippen LogP contribution is -1.99. The minimum absolute atomic E-state index is 0.0225. The highest BCUT2D eigenvalue weighted by molar-refractivity contribution is 5.34. The average molecular weight is 177 g/mol. The van der Waals surface area contributed by atoms with Gasteiger partial charge in [-0.3, -0.25) is 0 Å². The molecule has 0 spiro atoms. The Balaban J connectivity index is 3.19. The Labute approximate surface area is 79.1 Å². The van der Waals surface area contributed by atoms with E-state index in [1.807, 2.05) is 13.0 Å². The van der Waals surface area contributed by atoms with Gasteiger partial charge in [0, 0.05) is 5.92 Å². The van der Waals surface area contributed by atoms with Crippen molar-refractivity contribution in [1.82, 2.24) is 0 Å². The second-order valence-corrected chi connectivity index (χ2v) is 3.00. The Morgan fingerprint density at radius 3 is 2.77 bits per heavy atom. The van der Waals surface area contributed by atoms with Crippen molar-refractivity contribution in [3.63, 3.8) is 0 Å². The molecule has 0 aliphatic carbocycles. The fraction of sp³-hybridized carbons (Fsp3) is 0.250. The van der Waals surface area contributed by atoms with Crippen LogP contribution < -0.4 is 0 Å². The Bertz CT molecular complexity index is 302. The summed E-state index contributed by atoms with van der Waals surface area (Å²) >= 11 is 0. The SMILES string of the molecule is [CH2]C(C=C)c1cccc(F)c1CC. The van der Waals surface area contributed by atoms with Crippen molar-refractivity contribution in [2.24, 2.45) is 0 Å². The minimum atomic E-state index is -0.143. The molecule has 1 rings (SSSR count). The first-order chi connectivity index (χ1) is 6.20. The summed E-state index contributed by atoms with van der Waals surface area (Å²) in [6.45, 7) is 9.49. The predicted octanol–water partition coefficient (Wildman–Crippen LogP) is 3.49. The van der Waals surface area contributed by atoms with Crippen LogP contribution in [0.5, 0.6) is 0 Å². The van der Waals surface area contributed by atoms with Gasteiger partial charge in [0.15, 0.2) is 0 Å². The third kappa shape index (κ3) is 1.97. The third-order valence-corrected chi connectivity index (χ3v) is 2.19. The molecule has 1 unspecified atom stereocenters.